The van der Waals surface area contributed by atoms with Gasteiger partial charge in [-0.2, -0.15) is 5.10 Å². The molecular weight excluding hydrogens is 398 g/mol. The van der Waals surface area contributed by atoms with E-state index in [4.69, 9.17) is 27.2 Å². The van der Waals surface area contributed by atoms with Crippen molar-refractivity contribution in [2.75, 3.05) is 32.0 Å². The van der Waals surface area contributed by atoms with Gasteiger partial charge in [0.25, 0.3) is 0 Å². The Bertz CT molecular complexity index is 1190. The van der Waals surface area contributed by atoms with Crippen molar-refractivity contribution in [2.45, 2.75) is 6.54 Å². The summed E-state index contributed by atoms with van der Waals surface area (Å²) in [6.07, 6.45) is 1.76. The number of pyridine rings is 1. The average Bonchev–Trinajstić information content (AvgIpc) is 3.10. The second-order valence-corrected chi connectivity index (χ2v) is 7.80. The summed E-state index contributed by atoms with van der Waals surface area (Å²) in [6.45, 7) is 3.98. The van der Waals surface area contributed by atoms with Crippen molar-refractivity contribution in [1.29, 1.82) is 0 Å². The van der Waals surface area contributed by atoms with Crippen molar-refractivity contribution < 1.29 is 4.74 Å². The summed E-state index contributed by atoms with van der Waals surface area (Å²) in [6, 6.07) is 17.8. The molecular formula is C23H22ClN5O. The van der Waals surface area contributed by atoms with Crippen LogP contribution in [0.4, 0.5) is 5.82 Å². The van der Waals surface area contributed by atoms with E-state index in [2.05, 4.69) is 22.0 Å². The van der Waals surface area contributed by atoms with E-state index in [0.717, 1.165) is 66.3 Å². The Morgan fingerprint density at radius 2 is 1.83 bits per heavy atom. The summed E-state index contributed by atoms with van der Waals surface area (Å²) in [5.74, 6) is 0.618. The zero-order chi connectivity index (χ0) is 20.5. The minimum atomic E-state index is 0.618. The first-order valence-corrected chi connectivity index (χ1v) is 10.4. The second-order valence-electron chi connectivity index (χ2n) is 7.36. The topological polar surface area (TPSA) is 69.2 Å². The highest BCUT2D eigenvalue weighted by atomic mass is 35.5. The van der Waals surface area contributed by atoms with Gasteiger partial charge < -0.3 is 10.5 Å². The zero-order valence-corrected chi connectivity index (χ0v) is 17.2. The number of benzene rings is 2. The molecule has 0 atom stereocenters. The van der Waals surface area contributed by atoms with Crippen molar-refractivity contribution in [2.24, 2.45) is 0 Å². The predicted molar refractivity (Wildman–Crippen MR) is 120 cm³/mol. The maximum Gasteiger partial charge on any atom is 0.135 e. The molecule has 5 rings (SSSR count). The fourth-order valence-electron chi connectivity index (χ4n) is 3.95. The Kier molecular flexibility index (Phi) is 5.12. The molecule has 7 heteroatoms. The van der Waals surface area contributed by atoms with Crippen molar-refractivity contribution in [3.8, 4) is 16.8 Å². The number of nitrogen functional groups attached to an aromatic ring is 1. The van der Waals surface area contributed by atoms with Crippen LogP contribution in [0.5, 0.6) is 0 Å². The number of aromatic nitrogens is 3. The molecule has 3 heterocycles. The van der Waals surface area contributed by atoms with Crippen molar-refractivity contribution in [3.63, 3.8) is 0 Å². The molecule has 0 unspecified atom stereocenters. The predicted octanol–water partition coefficient (Wildman–Crippen LogP) is 4.16. The number of ether oxygens (including phenoxy) is 1. The summed E-state index contributed by atoms with van der Waals surface area (Å²) < 4.78 is 7.33. The highest BCUT2D eigenvalue weighted by Gasteiger charge is 2.22. The van der Waals surface area contributed by atoms with Crippen LogP contribution in [0.15, 0.2) is 60.8 Å². The Hall–Kier alpha value is -2.93. The standard InChI is InChI=1S/C23H22ClN5O/c24-17-6-7-18-19(14-17)26-9-8-21(18)29-23(25)22(16-4-2-1-3-5-16)20(27-29)15-28-10-12-30-13-11-28/h1-9,14H,10-13,15,25H2. The van der Waals surface area contributed by atoms with Crippen LogP contribution in [0.25, 0.3) is 27.7 Å². The third kappa shape index (κ3) is 3.54. The van der Waals surface area contributed by atoms with Gasteiger partial charge in [-0.05, 0) is 29.8 Å². The van der Waals surface area contributed by atoms with Crippen LogP contribution in [-0.4, -0.2) is 46.0 Å². The van der Waals surface area contributed by atoms with Gasteiger partial charge in [-0.15, -0.1) is 0 Å². The molecule has 0 saturated carbocycles. The van der Waals surface area contributed by atoms with Gasteiger partial charge in [0.05, 0.1) is 30.1 Å². The van der Waals surface area contributed by atoms with E-state index in [9.17, 15) is 0 Å². The fraction of sp³-hybridized carbons (Fsp3) is 0.217. The molecule has 0 bridgehead atoms. The van der Waals surface area contributed by atoms with E-state index >= 15 is 0 Å². The van der Waals surface area contributed by atoms with Gasteiger partial charge in [-0.25, -0.2) is 4.68 Å². The minimum absolute atomic E-state index is 0.618. The van der Waals surface area contributed by atoms with Crippen LogP contribution in [0.1, 0.15) is 5.69 Å². The molecule has 1 fully saturated rings. The lowest BCUT2D eigenvalue weighted by molar-refractivity contribution is 0.0337. The van der Waals surface area contributed by atoms with E-state index in [1.54, 1.807) is 6.20 Å². The number of halogens is 1. The molecule has 0 spiro atoms. The number of hydrogen-bond donors (Lipinski definition) is 1. The first-order valence-electron chi connectivity index (χ1n) is 9.98. The molecule has 1 aliphatic rings. The summed E-state index contributed by atoms with van der Waals surface area (Å²) in [7, 11) is 0. The van der Waals surface area contributed by atoms with Gasteiger partial charge in [0.2, 0.25) is 0 Å². The first-order chi connectivity index (χ1) is 14.7. The molecule has 2 N–H and O–H groups in total. The molecule has 6 nitrogen and oxygen atoms in total. The summed E-state index contributed by atoms with van der Waals surface area (Å²) in [4.78, 5) is 6.80. The van der Waals surface area contributed by atoms with Gasteiger partial charge in [-0.3, -0.25) is 9.88 Å². The normalized spacial score (nSPS) is 15.0. The van der Waals surface area contributed by atoms with Crippen LogP contribution in [0.2, 0.25) is 5.02 Å². The summed E-state index contributed by atoms with van der Waals surface area (Å²) in [5.41, 5.74) is 11.4. The molecule has 4 aromatic rings. The molecule has 0 aliphatic carbocycles. The van der Waals surface area contributed by atoms with Crippen LogP contribution in [-0.2, 0) is 11.3 Å². The maximum atomic E-state index is 6.71. The quantitative estimate of drug-likeness (QED) is 0.538. The summed E-state index contributed by atoms with van der Waals surface area (Å²) in [5, 5.41) is 6.58. The monoisotopic (exact) mass is 419 g/mol. The first kappa shape index (κ1) is 19.1. The average molecular weight is 420 g/mol. The number of hydrogen-bond acceptors (Lipinski definition) is 5. The lowest BCUT2D eigenvalue weighted by Crippen LogP contribution is -2.35. The fourth-order valence-corrected chi connectivity index (χ4v) is 4.12. The van der Waals surface area contributed by atoms with E-state index < -0.39 is 0 Å². The lowest BCUT2D eigenvalue weighted by Gasteiger charge is -2.26. The summed E-state index contributed by atoms with van der Waals surface area (Å²) >= 11 is 6.16. The van der Waals surface area contributed by atoms with Gasteiger partial charge >= 0.3 is 0 Å². The van der Waals surface area contributed by atoms with Gasteiger partial charge in [0, 0.05) is 41.8 Å². The number of morpholine rings is 1. The number of anilines is 1. The van der Waals surface area contributed by atoms with E-state index in [-0.39, 0.29) is 0 Å². The third-order valence-electron chi connectivity index (χ3n) is 5.44. The zero-order valence-electron chi connectivity index (χ0n) is 16.5. The second kappa shape index (κ2) is 8.07. The number of nitrogens with zero attached hydrogens (tertiary/aromatic N) is 4. The van der Waals surface area contributed by atoms with Crippen LogP contribution < -0.4 is 5.73 Å². The third-order valence-corrected chi connectivity index (χ3v) is 5.68. The Morgan fingerprint density at radius 1 is 1.03 bits per heavy atom. The molecule has 1 saturated heterocycles. The van der Waals surface area contributed by atoms with Gasteiger partial charge in [0.1, 0.15) is 5.82 Å². The van der Waals surface area contributed by atoms with Crippen LogP contribution in [0.3, 0.4) is 0 Å². The molecule has 0 radical (unpaired) electrons. The van der Waals surface area contributed by atoms with Crippen LogP contribution >= 0.6 is 11.6 Å². The molecule has 30 heavy (non-hydrogen) atoms. The largest absolute Gasteiger partial charge is 0.383 e. The highest BCUT2D eigenvalue weighted by Crippen LogP contribution is 2.34. The Balaban J connectivity index is 1.66. The van der Waals surface area contributed by atoms with E-state index in [0.29, 0.717) is 10.8 Å². The number of fused-ring (bicyclic) bond motifs is 1. The highest BCUT2D eigenvalue weighted by molar-refractivity contribution is 6.31. The Morgan fingerprint density at radius 3 is 2.63 bits per heavy atom. The van der Waals surface area contributed by atoms with Crippen molar-refractivity contribution >= 4 is 28.3 Å². The molecule has 2 aromatic carbocycles. The van der Waals surface area contributed by atoms with E-state index in [1.165, 1.54) is 0 Å². The SMILES string of the molecule is Nc1c(-c2ccccc2)c(CN2CCOCC2)nn1-c1ccnc2cc(Cl)ccc12. The number of nitrogens with two attached hydrogens (primary N) is 1. The molecule has 152 valence electrons. The maximum absolute atomic E-state index is 6.71. The smallest absolute Gasteiger partial charge is 0.135 e. The lowest BCUT2D eigenvalue weighted by atomic mass is 10.0. The van der Waals surface area contributed by atoms with Gasteiger partial charge in [-0.1, -0.05) is 41.9 Å². The molecule has 2 aromatic heterocycles. The van der Waals surface area contributed by atoms with Crippen LogP contribution in [0, 0.1) is 0 Å². The Labute approximate surface area is 179 Å². The molecule has 1 aliphatic heterocycles. The van der Waals surface area contributed by atoms with Crippen molar-refractivity contribution in [1.82, 2.24) is 19.7 Å². The van der Waals surface area contributed by atoms with Gasteiger partial charge in [0.15, 0.2) is 0 Å². The van der Waals surface area contributed by atoms with E-state index in [1.807, 2.05) is 47.1 Å². The minimum Gasteiger partial charge on any atom is -0.383 e. The van der Waals surface area contributed by atoms with Crippen molar-refractivity contribution in [3.05, 3.63) is 71.5 Å². The molecule has 0 amide bonds. The number of rotatable bonds is 4.